The highest BCUT2D eigenvalue weighted by atomic mass is 16.6. The van der Waals surface area contributed by atoms with E-state index in [-0.39, 0.29) is 5.69 Å². The summed E-state index contributed by atoms with van der Waals surface area (Å²) in [6.07, 6.45) is 2.43. The molecule has 6 nitrogen and oxygen atoms in total. The van der Waals surface area contributed by atoms with Crippen molar-refractivity contribution in [2.24, 2.45) is 5.92 Å². The van der Waals surface area contributed by atoms with Crippen LogP contribution in [-0.2, 0) is 4.74 Å². The summed E-state index contributed by atoms with van der Waals surface area (Å²) in [5.41, 5.74) is 7.04. The van der Waals surface area contributed by atoms with Crippen molar-refractivity contribution < 1.29 is 9.66 Å². The molecule has 1 saturated carbocycles. The van der Waals surface area contributed by atoms with Crippen molar-refractivity contribution in [1.29, 1.82) is 0 Å². The Hall–Kier alpha value is -1.82. The number of nitro groups is 1. The van der Waals surface area contributed by atoms with Gasteiger partial charge in [0.05, 0.1) is 11.5 Å². The first-order chi connectivity index (χ1) is 9.52. The van der Waals surface area contributed by atoms with Crippen LogP contribution in [0.25, 0.3) is 0 Å². The van der Waals surface area contributed by atoms with Crippen molar-refractivity contribution >= 4 is 17.1 Å². The molecule has 0 aromatic heterocycles. The lowest BCUT2D eigenvalue weighted by atomic mass is 10.1. The number of benzene rings is 1. The number of rotatable bonds is 7. The molecule has 0 spiro atoms. The van der Waals surface area contributed by atoms with Gasteiger partial charge in [0.1, 0.15) is 0 Å². The quantitative estimate of drug-likeness (QED) is 0.471. The topological polar surface area (TPSA) is 81.6 Å². The Labute approximate surface area is 118 Å². The number of hydrogen-bond acceptors (Lipinski definition) is 5. The fourth-order valence-corrected chi connectivity index (χ4v) is 2.48. The van der Waals surface area contributed by atoms with E-state index in [0.717, 1.165) is 5.69 Å². The Morgan fingerprint density at radius 3 is 2.75 bits per heavy atom. The minimum absolute atomic E-state index is 0.0328. The molecule has 20 heavy (non-hydrogen) atoms. The van der Waals surface area contributed by atoms with Gasteiger partial charge >= 0.3 is 0 Å². The van der Waals surface area contributed by atoms with Crippen molar-refractivity contribution in [1.82, 2.24) is 0 Å². The van der Waals surface area contributed by atoms with Crippen LogP contribution in [-0.4, -0.2) is 31.2 Å². The molecule has 6 heteroatoms. The van der Waals surface area contributed by atoms with E-state index in [4.69, 9.17) is 10.5 Å². The number of nitrogens with zero attached hydrogens (tertiary/aromatic N) is 2. The van der Waals surface area contributed by atoms with E-state index >= 15 is 0 Å². The molecule has 0 amide bonds. The van der Waals surface area contributed by atoms with Crippen LogP contribution in [0.3, 0.4) is 0 Å². The van der Waals surface area contributed by atoms with Gasteiger partial charge in [-0.2, -0.15) is 0 Å². The zero-order valence-electron chi connectivity index (χ0n) is 11.9. The Morgan fingerprint density at radius 1 is 1.50 bits per heavy atom. The smallest absolute Gasteiger partial charge is 0.273 e. The van der Waals surface area contributed by atoms with E-state index < -0.39 is 4.92 Å². The van der Waals surface area contributed by atoms with Gasteiger partial charge in [-0.1, -0.05) is 0 Å². The maximum absolute atomic E-state index is 11.0. The van der Waals surface area contributed by atoms with Gasteiger partial charge in [0.2, 0.25) is 0 Å². The molecule has 1 fully saturated rings. The average Bonchev–Trinajstić information content (AvgIpc) is 3.22. The minimum Gasteiger partial charge on any atom is -0.398 e. The lowest BCUT2D eigenvalue weighted by Gasteiger charge is -2.31. The molecule has 2 N–H and O–H groups in total. The fourth-order valence-electron chi connectivity index (χ4n) is 2.48. The Morgan fingerprint density at radius 2 is 2.20 bits per heavy atom. The second-order valence-corrected chi connectivity index (χ2v) is 5.30. The van der Waals surface area contributed by atoms with Crippen molar-refractivity contribution in [3.05, 3.63) is 28.3 Å². The number of non-ortho nitro benzene ring substituents is 1. The van der Waals surface area contributed by atoms with Crippen LogP contribution in [0.2, 0.25) is 0 Å². The van der Waals surface area contributed by atoms with Crippen LogP contribution in [0.5, 0.6) is 0 Å². The monoisotopic (exact) mass is 279 g/mol. The molecule has 1 unspecified atom stereocenters. The van der Waals surface area contributed by atoms with Crippen molar-refractivity contribution in [3.63, 3.8) is 0 Å². The molecule has 110 valence electrons. The predicted molar refractivity (Wildman–Crippen MR) is 78.9 cm³/mol. The third kappa shape index (κ3) is 3.39. The molecule has 0 saturated heterocycles. The molecule has 0 aliphatic heterocycles. The second-order valence-electron chi connectivity index (χ2n) is 5.30. The Balaban J connectivity index is 2.28. The first kappa shape index (κ1) is 14.6. The summed E-state index contributed by atoms with van der Waals surface area (Å²) in [4.78, 5) is 12.7. The van der Waals surface area contributed by atoms with E-state index in [1.54, 1.807) is 19.2 Å². The van der Waals surface area contributed by atoms with Gasteiger partial charge in [-0.15, -0.1) is 0 Å². The van der Waals surface area contributed by atoms with Crippen LogP contribution in [0.4, 0.5) is 17.1 Å². The van der Waals surface area contributed by atoms with Crippen molar-refractivity contribution in [3.8, 4) is 0 Å². The van der Waals surface area contributed by atoms with Crippen LogP contribution in [0.15, 0.2) is 18.2 Å². The number of nitrogens with two attached hydrogens (primary N) is 1. The van der Waals surface area contributed by atoms with Gasteiger partial charge in [-0.25, -0.2) is 0 Å². The standard InChI is InChI=1S/C14H21N3O3/c1-10(11-3-4-11)16(5-6-20-2)13-7-12(15)8-14(9-13)17(18)19/h7-11H,3-6,15H2,1-2H3. The van der Waals surface area contributed by atoms with Crippen LogP contribution < -0.4 is 10.6 Å². The van der Waals surface area contributed by atoms with Gasteiger partial charge in [0.15, 0.2) is 0 Å². The summed E-state index contributed by atoms with van der Waals surface area (Å²) in [6.45, 7) is 3.44. The molecule has 1 aliphatic carbocycles. The van der Waals surface area contributed by atoms with Crippen molar-refractivity contribution in [2.45, 2.75) is 25.8 Å². The highest BCUT2D eigenvalue weighted by Crippen LogP contribution is 2.38. The molecule has 1 aromatic rings. The molecule has 1 atom stereocenters. The van der Waals surface area contributed by atoms with Gasteiger partial charge in [0, 0.05) is 43.2 Å². The normalized spacial score (nSPS) is 15.9. The zero-order valence-corrected chi connectivity index (χ0v) is 11.9. The summed E-state index contributed by atoms with van der Waals surface area (Å²) in [7, 11) is 1.65. The Bertz CT molecular complexity index is 489. The maximum Gasteiger partial charge on any atom is 0.273 e. The Kier molecular flexibility index (Phi) is 4.44. The fraction of sp³-hybridized carbons (Fsp3) is 0.571. The maximum atomic E-state index is 11.0. The lowest BCUT2D eigenvalue weighted by molar-refractivity contribution is -0.384. The molecular formula is C14H21N3O3. The number of nitrogen functional groups attached to an aromatic ring is 1. The summed E-state index contributed by atoms with van der Waals surface area (Å²) in [5.74, 6) is 0.660. The van der Waals surface area contributed by atoms with E-state index in [1.807, 2.05) is 0 Å². The predicted octanol–water partition coefficient (Wildman–Crippen LogP) is 2.43. The van der Waals surface area contributed by atoms with Crippen molar-refractivity contribution in [2.75, 3.05) is 30.9 Å². The third-order valence-corrected chi connectivity index (χ3v) is 3.80. The molecule has 1 aromatic carbocycles. The molecular weight excluding hydrogens is 258 g/mol. The molecule has 0 heterocycles. The van der Waals surface area contributed by atoms with Crippen LogP contribution >= 0.6 is 0 Å². The number of ether oxygens (including phenoxy) is 1. The summed E-state index contributed by atoms with van der Waals surface area (Å²) in [5, 5.41) is 11.0. The molecule has 2 rings (SSSR count). The highest BCUT2D eigenvalue weighted by Gasteiger charge is 2.32. The highest BCUT2D eigenvalue weighted by molar-refractivity contribution is 5.63. The summed E-state index contributed by atoms with van der Waals surface area (Å²) >= 11 is 0. The van der Waals surface area contributed by atoms with Gasteiger partial charge in [0.25, 0.3) is 5.69 Å². The molecule has 0 radical (unpaired) electrons. The van der Waals surface area contributed by atoms with Gasteiger partial charge in [-0.05, 0) is 31.7 Å². The number of nitro benzene ring substituents is 1. The van der Waals surface area contributed by atoms with E-state index in [9.17, 15) is 10.1 Å². The first-order valence-corrected chi connectivity index (χ1v) is 6.83. The minimum atomic E-state index is -0.407. The van der Waals surface area contributed by atoms with Gasteiger partial charge < -0.3 is 15.4 Å². The third-order valence-electron chi connectivity index (χ3n) is 3.80. The number of anilines is 2. The van der Waals surface area contributed by atoms with E-state index in [1.165, 1.54) is 18.9 Å². The average molecular weight is 279 g/mol. The second kappa shape index (κ2) is 6.09. The SMILES string of the molecule is COCCN(c1cc(N)cc([N+](=O)[O-])c1)C(C)C1CC1. The van der Waals surface area contributed by atoms with Crippen LogP contribution in [0, 0.1) is 16.0 Å². The van der Waals surface area contributed by atoms with Crippen LogP contribution in [0.1, 0.15) is 19.8 Å². The lowest BCUT2D eigenvalue weighted by Crippen LogP contribution is -2.37. The number of hydrogen-bond donors (Lipinski definition) is 1. The van der Waals surface area contributed by atoms with E-state index in [0.29, 0.717) is 30.8 Å². The zero-order chi connectivity index (χ0) is 14.7. The first-order valence-electron chi connectivity index (χ1n) is 6.83. The largest absolute Gasteiger partial charge is 0.398 e. The van der Waals surface area contributed by atoms with E-state index in [2.05, 4.69) is 11.8 Å². The molecule has 0 bridgehead atoms. The number of methoxy groups -OCH3 is 1. The summed E-state index contributed by atoms with van der Waals surface area (Å²) in [6, 6.07) is 5.11. The summed E-state index contributed by atoms with van der Waals surface area (Å²) < 4.78 is 5.15. The molecule has 1 aliphatic rings. The van der Waals surface area contributed by atoms with Gasteiger partial charge in [-0.3, -0.25) is 10.1 Å².